The van der Waals surface area contributed by atoms with E-state index in [-0.39, 0.29) is 26.9 Å². The highest BCUT2D eigenvalue weighted by atomic mass is 35.5. The Morgan fingerprint density at radius 2 is 1.69 bits per heavy atom. The van der Waals surface area contributed by atoms with Gasteiger partial charge in [0.25, 0.3) is 21.6 Å². The van der Waals surface area contributed by atoms with Crippen LogP contribution in [0.2, 0.25) is 5.02 Å². The highest BCUT2D eigenvalue weighted by Gasteiger charge is 2.33. The number of hydrogen-bond acceptors (Lipinski definition) is 6. The zero-order chi connectivity index (χ0) is 23.5. The molecule has 0 heterocycles. The summed E-state index contributed by atoms with van der Waals surface area (Å²) in [6.45, 7) is 4.03. The Hall–Kier alpha value is -3.43. The van der Waals surface area contributed by atoms with E-state index >= 15 is 0 Å². The van der Waals surface area contributed by atoms with Crippen molar-refractivity contribution in [1.82, 2.24) is 0 Å². The van der Waals surface area contributed by atoms with Crippen LogP contribution in [0, 0.1) is 17.0 Å². The highest BCUT2D eigenvalue weighted by molar-refractivity contribution is 7.93. The van der Waals surface area contributed by atoms with Gasteiger partial charge in [-0.1, -0.05) is 29.3 Å². The molecular weight excluding hydrogens is 456 g/mol. The second-order valence-electron chi connectivity index (χ2n) is 6.74. The van der Waals surface area contributed by atoms with E-state index in [1.807, 2.05) is 13.8 Å². The maximum Gasteiger partial charge on any atom is 0.273 e. The Morgan fingerprint density at radius 1 is 1.06 bits per heavy atom. The predicted molar refractivity (Wildman–Crippen MR) is 121 cm³/mol. The number of aryl methyl sites for hydroxylation is 1. The van der Waals surface area contributed by atoms with Crippen LogP contribution in [0.25, 0.3) is 0 Å². The molecule has 0 radical (unpaired) electrons. The summed E-state index contributed by atoms with van der Waals surface area (Å²) in [6, 6.07) is 15.2. The third-order valence-corrected chi connectivity index (χ3v) is 6.56. The summed E-state index contributed by atoms with van der Waals surface area (Å²) >= 11 is 6.12. The molecule has 3 aromatic rings. The normalized spacial score (nSPS) is 11.1. The minimum atomic E-state index is -4.34. The average molecular weight is 475 g/mol. The van der Waals surface area contributed by atoms with Crippen LogP contribution in [0.4, 0.5) is 11.4 Å². The van der Waals surface area contributed by atoms with Gasteiger partial charge in [-0.3, -0.25) is 14.9 Å². The quantitative estimate of drug-likeness (QED) is 0.352. The molecule has 0 spiro atoms. The summed E-state index contributed by atoms with van der Waals surface area (Å²) < 4.78 is 33.0. The number of sulfonamides is 1. The van der Waals surface area contributed by atoms with E-state index in [0.29, 0.717) is 16.7 Å². The van der Waals surface area contributed by atoms with Gasteiger partial charge in [0.2, 0.25) is 0 Å². The maximum absolute atomic E-state index is 13.5. The molecule has 0 bridgehead atoms. The van der Waals surface area contributed by atoms with Crippen molar-refractivity contribution in [2.75, 3.05) is 10.9 Å². The fourth-order valence-electron chi connectivity index (χ4n) is 2.93. The number of nitro groups is 1. The minimum absolute atomic E-state index is 0.0634. The number of nitrogens with zero attached hydrogens (tertiary/aromatic N) is 2. The second-order valence-corrected chi connectivity index (χ2v) is 8.93. The number of amides is 1. The number of hydrogen-bond donors (Lipinski definition) is 0. The van der Waals surface area contributed by atoms with Gasteiger partial charge < -0.3 is 4.74 Å². The largest absolute Gasteiger partial charge is 0.494 e. The Morgan fingerprint density at radius 3 is 2.22 bits per heavy atom. The van der Waals surface area contributed by atoms with Crippen molar-refractivity contribution in [3.05, 3.63) is 93.0 Å². The van der Waals surface area contributed by atoms with Crippen LogP contribution in [-0.2, 0) is 10.0 Å². The van der Waals surface area contributed by atoms with Gasteiger partial charge in [0.05, 0.1) is 32.7 Å². The Kier molecular flexibility index (Phi) is 6.81. The molecule has 1 amide bonds. The molecule has 0 aliphatic heterocycles. The minimum Gasteiger partial charge on any atom is -0.494 e. The number of rotatable bonds is 7. The van der Waals surface area contributed by atoms with Gasteiger partial charge in [-0.15, -0.1) is 0 Å². The Balaban J connectivity index is 2.15. The van der Waals surface area contributed by atoms with E-state index in [4.69, 9.17) is 16.3 Å². The van der Waals surface area contributed by atoms with E-state index in [1.54, 1.807) is 24.3 Å². The van der Waals surface area contributed by atoms with Crippen LogP contribution in [0.5, 0.6) is 5.75 Å². The van der Waals surface area contributed by atoms with Crippen molar-refractivity contribution in [1.29, 1.82) is 0 Å². The molecule has 0 N–H and O–H groups in total. The number of carbonyl (C=O) groups excluding carboxylic acids is 1. The summed E-state index contributed by atoms with van der Waals surface area (Å²) in [5.74, 6) is -0.445. The van der Waals surface area contributed by atoms with Crippen LogP contribution in [0.3, 0.4) is 0 Å². The third kappa shape index (κ3) is 4.74. The number of carbonyl (C=O) groups is 1. The van der Waals surface area contributed by atoms with Gasteiger partial charge in [-0.05, 0) is 56.3 Å². The average Bonchev–Trinajstić information content (AvgIpc) is 2.75. The van der Waals surface area contributed by atoms with Crippen molar-refractivity contribution in [3.63, 3.8) is 0 Å². The van der Waals surface area contributed by atoms with Crippen LogP contribution in [-0.4, -0.2) is 25.9 Å². The predicted octanol–water partition coefficient (Wildman–Crippen LogP) is 4.99. The molecule has 0 aliphatic carbocycles. The fourth-order valence-corrected chi connectivity index (χ4v) is 4.59. The van der Waals surface area contributed by atoms with Crippen LogP contribution >= 0.6 is 11.6 Å². The molecule has 32 heavy (non-hydrogen) atoms. The molecular formula is C22H19ClN2O6S. The monoisotopic (exact) mass is 474 g/mol. The molecule has 0 fully saturated rings. The van der Waals surface area contributed by atoms with E-state index in [1.165, 1.54) is 24.3 Å². The Labute approximate surface area is 190 Å². The third-order valence-electron chi connectivity index (χ3n) is 4.52. The van der Waals surface area contributed by atoms with Crippen molar-refractivity contribution in [2.24, 2.45) is 0 Å². The maximum atomic E-state index is 13.5. The van der Waals surface area contributed by atoms with Gasteiger partial charge in [0.15, 0.2) is 0 Å². The first-order valence-electron chi connectivity index (χ1n) is 9.48. The lowest BCUT2D eigenvalue weighted by Crippen LogP contribution is -2.37. The van der Waals surface area contributed by atoms with Crippen LogP contribution in [0.1, 0.15) is 22.8 Å². The number of nitro benzene ring substituents is 1. The molecule has 0 saturated heterocycles. The number of non-ortho nitro benzene ring substituents is 1. The summed E-state index contributed by atoms with van der Waals surface area (Å²) in [6.07, 6.45) is 0. The topological polar surface area (TPSA) is 107 Å². The summed E-state index contributed by atoms with van der Waals surface area (Å²) in [5.41, 5.74) is 0.400. The number of ether oxygens (including phenoxy) is 1. The van der Waals surface area contributed by atoms with E-state index in [2.05, 4.69) is 0 Å². The first-order chi connectivity index (χ1) is 15.1. The van der Waals surface area contributed by atoms with E-state index in [0.717, 1.165) is 23.8 Å². The smallest absolute Gasteiger partial charge is 0.273 e. The molecule has 10 heteroatoms. The van der Waals surface area contributed by atoms with Gasteiger partial charge in [0, 0.05) is 12.1 Å². The SMILES string of the molecule is CCOc1ccc(N(C(=O)c2ccc([N+](=O)[O-])cc2Cl)S(=O)(=O)c2ccc(C)cc2)cc1. The molecule has 0 saturated carbocycles. The summed E-state index contributed by atoms with van der Waals surface area (Å²) in [5, 5.41) is 10.8. The van der Waals surface area contributed by atoms with Gasteiger partial charge >= 0.3 is 0 Å². The molecule has 0 atom stereocenters. The molecule has 0 unspecified atom stereocenters. The molecule has 0 aromatic heterocycles. The molecule has 3 rings (SSSR count). The van der Waals surface area contributed by atoms with Crippen molar-refractivity contribution < 1.29 is 22.9 Å². The zero-order valence-corrected chi connectivity index (χ0v) is 18.8. The van der Waals surface area contributed by atoms with E-state index in [9.17, 15) is 23.3 Å². The van der Waals surface area contributed by atoms with Gasteiger partial charge in [0.1, 0.15) is 5.75 Å². The van der Waals surface area contributed by atoms with Crippen molar-refractivity contribution in [3.8, 4) is 5.75 Å². The lowest BCUT2D eigenvalue weighted by Gasteiger charge is -2.23. The molecule has 3 aromatic carbocycles. The molecule has 8 nitrogen and oxygen atoms in total. The summed E-state index contributed by atoms with van der Waals surface area (Å²) in [7, 11) is -4.34. The lowest BCUT2D eigenvalue weighted by atomic mass is 10.2. The highest BCUT2D eigenvalue weighted by Crippen LogP contribution is 2.31. The van der Waals surface area contributed by atoms with Crippen LogP contribution in [0.15, 0.2) is 71.6 Å². The standard InChI is InChI=1S/C22H19ClN2O6S/c1-3-31-18-9-6-16(7-10-18)24(32(29,30)19-11-4-15(2)5-12-19)22(26)20-13-8-17(25(27)28)14-21(20)23/h4-14H,3H2,1-2H3. The number of benzene rings is 3. The summed E-state index contributed by atoms with van der Waals surface area (Å²) in [4.78, 5) is 23.6. The first kappa shape index (κ1) is 23.2. The molecule has 0 aliphatic rings. The van der Waals surface area contributed by atoms with Crippen molar-refractivity contribution >= 4 is 38.9 Å². The fraction of sp³-hybridized carbons (Fsp3) is 0.136. The zero-order valence-electron chi connectivity index (χ0n) is 17.2. The lowest BCUT2D eigenvalue weighted by molar-refractivity contribution is -0.384. The van der Waals surface area contributed by atoms with Gasteiger partial charge in [-0.25, -0.2) is 8.42 Å². The second kappa shape index (κ2) is 9.37. The van der Waals surface area contributed by atoms with Crippen molar-refractivity contribution in [2.45, 2.75) is 18.7 Å². The Bertz CT molecular complexity index is 1260. The van der Waals surface area contributed by atoms with Gasteiger partial charge in [-0.2, -0.15) is 4.31 Å². The van der Waals surface area contributed by atoms with E-state index < -0.39 is 20.9 Å². The van der Waals surface area contributed by atoms with Crippen LogP contribution < -0.4 is 9.04 Å². The number of anilines is 1. The number of halogens is 1. The molecule has 166 valence electrons. The first-order valence-corrected chi connectivity index (χ1v) is 11.3.